The van der Waals surface area contributed by atoms with Crippen molar-refractivity contribution in [3.63, 3.8) is 0 Å². The standard InChI is InChI=1S/C14H11ClF3N/c15-12-2-1-3-14(18)11(12)8-19-7-9-6-10(16)4-5-13(9)17/h1-6,19H,7-8H2. The monoisotopic (exact) mass is 285 g/mol. The number of nitrogens with one attached hydrogen (secondary N) is 1. The number of halogens is 4. The maximum atomic E-state index is 13.5. The van der Waals surface area contributed by atoms with Gasteiger partial charge in [-0.3, -0.25) is 0 Å². The smallest absolute Gasteiger partial charge is 0.129 e. The summed E-state index contributed by atoms with van der Waals surface area (Å²) in [6.45, 7) is 0.232. The van der Waals surface area contributed by atoms with Gasteiger partial charge in [-0.25, -0.2) is 13.2 Å². The Kier molecular flexibility index (Phi) is 4.45. The second-order valence-electron chi connectivity index (χ2n) is 4.04. The van der Waals surface area contributed by atoms with Crippen LogP contribution in [0.1, 0.15) is 11.1 Å². The molecule has 100 valence electrons. The Morgan fingerprint density at radius 2 is 1.74 bits per heavy atom. The van der Waals surface area contributed by atoms with Crippen molar-refractivity contribution >= 4 is 11.6 Å². The van der Waals surface area contributed by atoms with E-state index < -0.39 is 17.5 Å². The van der Waals surface area contributed by atoms with E-state index in [1.807, 2.05) is 0 Å². The van der Waals surface area contributed by atoms with E-state index in [4.69, 9.17) is 11.6 Å². The van der Waals surface area contributed by atoms with Crippen molar-refractivity contribution in [2.24, 2.45) is 0 Å². The van der Waals surface area contributed by atoms with Crippen LogP contribution in [0.25, 0.3) is 0 Å². The van der Waals surface area contributed by atoms with Gasteiger partial charge in [0.25, 0.3) is 0 Å². The van der Waals surface area contributed by atoms with Crippen LogP contribution in [-0.4, -0.2) is 0 Å². The topological polar surface area (TPSA) is 12.0 Å². The molecule has 0 unspecified atom stereocenters. The van der Waals surface area contributed by atoms with Gasteiger partial charge < -0.3 is 5.32 Å². The summed E-state index contributed by atoms with van der Waals surface area (Å²) < 4.78 is 39.8. The van der Waals surface area contributed by atoms with Gasteiger partial charge in [0, 0.05) is 29.2 Å². The fourth-order valence-electron chi connectivity index (χ4n) is 1.70. The molecule has 1 nitrogen and oxygen atoms in total. The van der Waals surface area contributed by atoms with Crippen molar-refractivity contribution in [1.82, 2.24) is 5.32 Å². The highest BCUT2D eigenvalue weighted by Crippen LogP contribution is 2.19. The quantitative estimate of drug-likeness (QED) is 0.894. The first kappa shape index (κ1) is 13.9. The van der Waals surface area contributed by atoms with Gasteiger partial charge in [-0.2, -0.15) is 0 Å². The lowest BCUT2D eigenvalue weighted by Crippen LogP contribution is -2.15. The van der Waals surface area contributed by atoms with Crippen LogP contribution in [0, 0.1) is 17.5 Å². The molecule has 1 N–H and O–H groups in total. The SMILES string of the molecule is Fc1ccc(F)c(CNCc2c(F)cccc2Cl)c1. The Balaban J connectivity index is 2.02. The van der Waals surface area contributed by atoms with Crippen molar-refractivity contribution in [3.05, 3.63) is 70.0 Å². The first-order chi connectivity index (χ1) is 9.08. The normalized spacial score (nSPS) is 10.7. The van der Waals surface area contributed by atoms with Crippen molar-refractivity contribution in [3.8, 4) is 0 Å². The summed E-state index contributed by atoms with van der Waals surface area (Å²) in [4.78, 5) is 0. The third-order valence-corrected chi connectivity index (χ3v) is 3.04. The summed E-state index contributed by atoms with van der Waals surface area (Å²) in [6.07, 6.45) is 0. The highest BCUT2D eigenvalue weighted by molar-refractivity contribution is 6.31. The summed E-state index contributed by atoms with van der Waals surface area (Å²) in [6, 6.07) is 7.59. The fraction of sp³-hybridized carbons (Fsp3) is 0.143. The second-order valence-corrected chi connectivity index (χ2v) is 4.45. The van der Waals surface area contributed by atoms with E-state index >= 15 is 0 Å². The zero-order valence-electron chi connectivity index (χ0n) is 9.89. The molecule has 0 atom stereocenters. The first-order valence-corrected chi connectivity index (χ1v) is 6.03. The third-order valence-electron chi connectivity index (χ3n) is 2.69. The Bertz CT molecular complexity index is 567. The summed E-state index contributed by atoms with van der Waals surface area (Å²) in [5.41, 5.74) is 0.494. The molecule has 0 bridgehead atoms. The predicted molar refractivity (Wildman–Crippen MR) is 68.3 cm³/mol. The molecule has 0 aromatic heterocycles. The van der Waals surface area contributed by atoms with Crippen molar-refractivity contribution in [2.45, 2.75) is 13.1 Å². The van der Waals surface area contributed by atoms with Crippen LogP contribution < -0.4 is 5.32 Å². The molecule has 19 heavy (non-hydrogen) atoms. The average molecular weight is 286 g/mol. The minimum atomic E-state index is -0.512. The van der Waals surface area contributed by atoms with E-state index in [2.05, 4.69) is 5.32 Å². The van der Waals surface area contributed by atoms with E-state index in [-0.39, 0.29) is 18.7 Å². The van der Waals surface area contributed by atoms with Crippen molar-refractivity contribution in [1.29, 1.82) is 0 Å². The molecule has 0 radical (unpaired) electrons. The second kappa shape index (κ2) is 6.08. The summed E-state index contributed by atoms with van der Waals surface area (Å²) >= 11 is 5.85. The molecule has 0 aliphatic heterocycles. The zero-order valence-corrected chi connectivity index (χ0v) is 10.6. The molecule has 0 fully saturated rings. The third kappa shape index (κ3) is 3.49. The molecular formula is C14H11ClF3N. The van der Waals surface area contributed by atoms with Crippen LogP contribution in [0.2, 0.25) is 5.02 Å². The van der Waals surface area contributed by atoms with Gasteiger partial charge in [0.2, 0.25) is 0 Å². The number of hydrogen-bond acceptors (Lipinski definition) is 1. The Morgan fingerprint density at radius 3 is 2.47 bits per heavy atom. The lowest BCUT2D eigenvalue weighted by atomic mass is 10.2. The van der Waals surface area contributed by atoms with Crippen LogP contribution >= 0.6 is 11.6 Å². The van der Waals surface area contributed by atoms with Crippen LogP contribution in [0.3, 0.4) is 0 Å². The number of rotatable bonds is 4. The van der Waals surface area contributed by atoms with E-state index in [0.717, 1.165) is 18.2 Å². The zero-order chi connectivity index (χ0) is 13.8. The van der Waals surface area contributed by atoms with Crippen molar-refractivity contribution in [2.75, 3.05) is 0 Å². The lowest BCUT2D eigenvalue weighted by Gasteiger charge is -2.08. The molecule has 0 aliphatic rings. The van der Waals surface area contributed by atoms with E-state index in [1.54, 1.807) is 6.07 Å². The minimum Gasteiger partial charge on any atom is -0.308 e. The molecule has 0 saturated carbocycles. The highest BCUT2D eigenvalue weighted by Gasteiger charge is 2.07. The van der Waals surface area contributed by atoms with Gasteiger partial charge in [-0.1, -0.05) is 17.7 Å². The van der Waals surface area contributed by atoms with Gasteiger partial charge >= 0.3 is 0 Å². The average Bonchev–Trinajstić information content (AvgIpc) is 2.37. The van der Waals surface area contributed by atoms with Gasteiger partial charge in [-0.15, -0.1) is 0 Å². The minimum absolute atomic E-state index is 0.0915. The van der Waals surface area contributed by atoms with Gasteiger partial charge in [0.1, 0.15) is 17.5 Å². The molecule has 0 amide bonds. The maximum Gasteiger partial charge on any atom is 0.129 e. The van der Waals surface area contributed by atoms with Crippen molar-refractivity contribution < 1.29 is 13.2 Å². The van der Waals surface area contributed by atoms with Crippen LogP contribution in [0.5, 0.6) is 0 Å². The maximum absolute atomic E-state index is 13.5. The lowest BCUT2D eigenvalue weighted by molar-refractivity contribution is 0.558. The molecule has 2 aromatic rings. The Hall–Kier alpha value is -1.52. The Labute approximate surface area is 114 Å². The molecule has 0 aliphatic carbocycles. The first-order valence-electron chi connectivity index (χ1n) is 5.65. The summed E-state index contributed by atoms with van der Waals surface area (Å²) in [7, 11) is 0. The highest BCUT2D eigenvalue weighted by atomic mass is 35.5. The molecule has 2 rings (SSSR count). The molecular weight excluding hydrogens is 275 g/mol. The number of hydrogen-bond donors (Lipinski definition) is 1. The summed E-state index contributed by atoms with van der Waals surface area (Å²) in [5.74, 6) is -1.45. The van der Waals surface area contributed by atoms with E-state index in [9.17, 15) is 13.2 Å². The Morgan fingerprint density at radius 1 is 0.947 bits per heavy atom. The van der Waals surface area contributed by atoms with E-state index in [1.165, 1.54) is 12.1 Å². The van der Waals surface area contributed by atoms with Gasteiger partial charge in [0.15, 0.2) is 0 Å². The predicted octanol–water partition coefficient (Wildman–Crippen LogP) is 4.05. The van der Waals surface area contributed by atoms with Gasteiger partial charge in [0.05, 0.1) is 0 Å². The number of benzene rings is 2. The summed E-state index contributed by atoms with van der Waals surface area (Å²) in [5, 5.41) is 3.13. The molecule has 0 saturated heterocycles. The van der Waals surface area contributed by atoms with Crippen LogP contribution in [0.15, 0.2) is 36.4 Å². The van der Waals surface area contributed by atoms with E-state index in [0.29, 0.717) is 10.6 Å². The molecule has 0 spiro atoms. The van der Waals surface area contributed by atoms with Crippen LogP contribution in [-0.2, 0) is 13.1 Å². The molecule has 0 heterocycles. The molecule has 2 aromatic carbocycles. The fourth-order valence-corrected chi connectivity index (χ4v) is 1.93. The molecule has 5 heteroatoms. The van der Waals surface area contributed by atoms with Gasteiger partial charge in [-0.05, 0) is 30.3 Å². The van der Waals surface area contributed by atoms with Crippen LogP contribution in [0.4, 0.5) is 13.2 Å². The largest absolute Gasteiger partial charge is 0.308 e.